The number of methoxy groups -OCH3 is 1. The summed E-state index contributed by atoms with van der Waals surface area (Å²) in [6, 6.07) is 16.5. The van der Waals surface area contributed by atoms with Gasteiger partial charge in [0.05, 0.1) is 41.1 Å². The molecule has 4 aliphatic heterocycles. The van der Waals surface area contributed by atoms with Crippen LogP contribution in [-0.2, 0) is 28.0 Å². The Kier molecular flexibility index (Phi) is 13.2. The van der Waals surface area contributed by atoms with E-state index in [-0.39, 0.29) is 59.0 Å². The first-order valence-electron chi connectivity index (χ1n) is 20.7. The first kappa shape index (κ1) is 44.5. The van der Waals surface area contributed by atoms with Gasteiger partial charge in [-0.25, -0.2) is 4.98 Å². The van der Waals surface area contributed by atoms with Crippen molar-refractivity contribution in [3.05, 3.63) is 83.0 Å². The number of carbonyl (C=O) groups excluding carboxylic acids is 5. The number of para-hydroxylation sites is 1. The molecule has 4 aromatic rings. The average molecular weight is 916 g/mol. The fourth-order valence-electron chi connectivity index (χ4n) is 8.43. The van der Waals surface area contributed by atoms with Crippen molar-refractivity contribution in [2.45, 2.75) is 37.8 Å². The maximum atomic E-state index is 13.2. The third kappa shape index (κ3) is 9.12. The lowest BCUT2D eigenvalue weighted by molar-refractivity contribution is -0.137. The summed E-state index contributed by atoms with van der Waals surface area (Å²) in [5.74, 6) is -1.16. The third-order valence-electron chi connectivity index (χ3n) is 11.9. The van der Waals surface area contributed by atoms with Crippen LogP contribution < -0.4 is 35.6 Å². The van der Waals surface area contributed by atoms with E-state index in [1.165, 1.54) is 38.6 Å². The number of nitrogens with zero attached hydrogens (tertiary/aromatic N) is 6. The van der Waals surface area contributed by atoms with Crippen LogP contribution >= 0.6 is 19.2 Å². The van der Waals surface area contributed by atoms with Crippen molar-refractivity contribution in [3.63, 3.8) is 0 Å². The highest BCUT2D eigenvalue weighted by Crippen LogP contribution is 2.47. The molecule has 5 amide bonds. The van der Waals surface area contributed by atoms with Gasteiger partial charge in [-0.3, -0.25) is 43.7 Å². The lowest BCUT2D eigenvalue weighted by atomic mass is 10.0. The molecule has 19 nitrogen and oxygen atoms in total. The number of nitrogens with one attached hydrogen (secondary N) is 3. The van der Waals surface area contributed by atoms with Gasteiger partial charge in [0.15, 0.2) is 12.4 Å². The number of anilines is 5. The van der Waals surface area contributed by atoms with E-state index in [2.05, 4.69) is 35.7 Å². The van der Waals surface area contributed by atoms with Gasteiger partial charge in [-0.1, -0.05) is 23.7 Å². The molecule has 64 heavy (non-hydrogen) atoms. The molecular weight excluding hydrogens is 869 g/mol. The first-order chi connectivity index (χ1) is 30.9. The largest absolute Gasteiger partial charge is 0.494 e. The number of hydrogen-bond donors (Lipinski definition) is 3. The van der Waals surface area contributed by atoms with Crippen LogP contribution in [0.2, 0.25) is 5.02 Å². The summed E-state index contributed by atoms with van der Waals surface area (Å²) in [5, 5.41) is 9.11. The zero-order valence-corrected chi connectivity index (χ0v) is 37.0. The minimum Gasteiger partial charge on any atom is -0.494 e. The summed E-state index contributed by atoms with van der Waals surface area (Å²) < 4.78 is 35.2. The van der Waals surface area contributed by atoms with E-state index in [0.29, 0.717) is 41.6 Å². The van der Waals surface area contributed by atoms with Gasteiger partial charge in [-0.05, 0) is 61.7 Å². The molecule has 336 valence electrons. The highest BCUT2D eigenvalue weighted by atomic mass is 35.5. The Morgan fingerprint density at radius 3 is 2.31 bits per heavy atom. The normalized spacial score (nSPS) is 18.5. The van der Waals surface area contributed by atoms with E-state index >= 15 is 0 Å². The molecule has 4 aliphatic rings. The minimum absolute atomic E-state index is 0.0304. The van der Waals surface area contributed by atoms with Crippen molar-refractivity contribution in [1.82, 2.24) is 30.0 Å². The van der Waals surface area contributed by atoms with Crippen LogP contribution in [0.15, 0.2) is 66.9 Å². The number of piperazine rings is 1. The fraction of sp³-hybridized carbons (Fsp3) is 0.372. The summed E-state index contributed by atoms with van der Waals surface area (Å²) in [6.45, 7) is 4.01. The fourth-order valence-corrected chi connectivity index (χ4v) is 9.81. The minimum atomic E-state index is -3.58. The number of aromatic nitrogens is 2. The SMILES string of the molecule is COc1cc(N2CCC(N3CCN(C(=O)COc4ccc5c(c4)C(=O)N(C4CCC(=O)NC4=O)C5=O)CC3)CC2)ccc1Nc1ncc(Cl)c(Nc2ccccc2P(=O)(OC)OC)n1. The molecule has 1 aromatic heterocycles. The molecule has 3 aromatic carbocycles. The third-order valence-corrected chi connectivity index (χ3v) is 14.1. The van der Waals surface area contributed by atoms with E-state index < -0.39 is 37.3 Å². The van der Waals surface area contributed by atoms with Gasteiger partial charge in [0.25, 0.3) is 17.7 Å². The summed E-state index contributed by atoms with van der Waals surface area (Å²) in [6.07, 6.45) is 3.44. The van der Waals surface area contributed by atoms with E-state index in [9.17, 15) is 28.5 Å². The Morgan fingerprint density at radius 1 is 0.859 bits per heavy atom. The van der Waals surface area contributed by atoms with Gasteiger partial charge >= 0.3 is 7.60 Å². The molecule has 1 unspecified atom stereocenters. The highest BCUT2D eigenvalue weighted by molar-refractivity contribution is 7.62. The number of rotatable bonds is 14. The molecule has 3 saturated heterocycles. The predicted octanol–water partition coefficient (Wildman–Crippen LogP) is 4.33. The number of halogens is 1. The van der Waals surface area contributed by atoms with Crippen molar-refractivity contribution < 1.29 is 47.1 Å². The molecule has 0 bridgehead atoms. The monoisotopic (exact) mass is 915 g/mol. The second kappa shape index (κ2) is 18.9. The van der Waals surface area contributed by atoms with Crippen molar-refractivity contribution in [3.8, 4) is 11.5 Å². The lowest BCUT2D eigenvalue weighted by Gasteiger charge is -2.43. The van der Waals surface area contributed by atoms with Gasteiger partial charge in [-0.15, -0.1) is 0 Å². The summed E-state index contributed by atoms with van der Waals surface area (Å²) in [4.78, 5) is 79.7. The second-order valence-electron chi connectivity index (χ2n) is 15.5. The van der Waals surface area contributed by atoms with Crippen LogP contribution in [0.3, 0.4) is 0 Å². The van der Waals surface area contributed by atoms with Gasteiger partial charge < -0.3 is 39.0 Å². The molecule has 5 heterocycles. The molecule has 0 aliphatic carbocycles. The first-order valence-corrected chi connectivity index (χ1v) is 22.6. The number of fused-ring (bicyclic) bond motifs is 1. The molecule has 0 radical (unpaired) electrons. The Hall–Kier alpha value is -6.11. The van der Waals surface area contributed by atoms with Crippen LogP contribution in [0, 0.1) is 0 Å². The number of amides is 5. The molecule has 0 spiro atoms. The number of benzene rings is 3. The Morgan fingerprint density at radius 2 is 1.59 bits per heavy atom. The standard InChI is InChI=1S/C43H47ClN9O10P/c1-60-35-22-27(8-11-32(35)47-43-45-24-31(44)39(49-43)46-33-6-4-5-7-36(33)64(59,61-2)62-3)50-16-14-26(15-17-50)51-18-20-52(21-19-51)38(55)25-63-28-9-10-29-30(23-28)42(58)53(41(29)57)34-12-13-37(54)48-40(34)56/h4-11,22-24,26,34H,12-21,25H2,1-3H3,(H,48,54,56)(H2,45,46,47,49). The van der Waals surface area contributed by atoms with Gasteiger partial charge in [0.1, 0.15) is 22.6 Å². The number of imide groups is 2. The van der Waals surface area contributed by atoms with Crippen LogP contribution in [-0.4, -0.2) is 133 Å². The molecule has 3 N–H and O–H groups in total. The van der Waals surface area contributed by atoms with E-state index in [0.717, 1.165) is 49.6 Å². The molecule has 8 rings (SSSR count). The molecule has 3 fully saturated rings. The quantitative estimate of drug-likeness (QED) is 0.119. The molecule has 1 atom stereocenters. The Labute approximate surface area is 373 Å². The van der Waals surface area contributed by atoms with Crippen molar-refractivity contribution in [1.29, 1.82) is 0 Å². The highest BCUT2D eigenvalue weighted by Gasteiger charge is 2.45. The molecule has 0 saturated carbocycles. The van der Waals surface area contributed by atoms with Crippen molar-refractivity contribution >= 4 is 82.9 Å². The zero-order chi connectivity index (χ0) is 45.1. The van der Waals surface area contributed by atoms with Crippen LogP contribution in [0.5, 0.6) is 11.5 Å². The van der Waals surface area contributed by atoms with E-state index in [1.54, 1.807) is 36.3 Å². The van der Waals surface area contributed by atoms with Crippen LogP contribution in [0.4, 0.5) is 28.8 Å². The molecule has 21 heteroatoms. The topological polar surface area (TPSA) is 214 Å². The maximum absolute atomic E-state index is 13.2. The molecular formula is C43H47ClN9O10P. The Balaban J connectivity index is 0.810. The number of carbonyl (C=O) groups is 5. The van der Waals surface area contributed by atoms with E-state index in [4.69, 9.17) is 30.1 Å². The Bertz CT molecular complexity index is 2520. The number of ether oxygens (including phenoxy) is 2. The number of piperidine rings is 2. The summed E-state index contributed by atoms with van der Waals surface area (Å²) in [5.41, 5.74) is 2.34. The predicted molar refractivity (Wildman–Crippen MR) is 236 cm³/mol. The van der Waals surface area contributed by atoms with Gasteiger partial charge in [0.2, 0.25) is 17.8 Å². The second-order valence-corrected chi connectivity index (χ2v) is 18.1. The average Bonchev–Trinajstić information content (AvgIpc) is 3.56. The maximum Gasteiger partial charge on any atom is 0.362 e. The van der Waals surface area contributed by atoms with E-state index in [1.807, 2.05) is 18.2 Å². The lowest BCUT2D eigenvalue weighted by Crippen LogP contribution is -2.55. The summed E-state index contributed by atoms with van der Waals surface area (Å²) >= 11 is 6.47. The zero-order valence-electron chi connectivity index (χ0n) is 35.4. The number of hydrogen-bond acceptors (Lipinski definition) is 16. The summed E-state index contributed by atoms with van der Waals surface area (Å²) in [7, 11) is 0.651. The van der Waals surface area contributed by atoms with Gasteiger partial charge in [0, 0.05) is 77.7 Å². The van der Waals surface area contributed by atoms with Crippen LogP contribution in [0.25, 0.3) is 0 Å². The van der Waals surface area contributed by atoms with Crippen molar-refractivity contribution in [2.24, 2.45) is 0 Å². The van der Waals surface area contributed by atoms with Crippen molar-refractivity contribution in [2.75, 3.05) is 82.7 Å². The smallest absolute Gasteiger partial charge is 0.362 e. The van der Waals surface area contributed by atoms with Gasteiger partial charge in [-0.2, -0.15) is 4.98 Å². The van der Waals surface area contributed by atoms with Crippen LogP contribution in [0.1, 0.15) is 46.4 Å².